The molecule has 1 fully saturated rings. The summed E-state index contributed by atoms with van der Waals surface area (Å²) in [5, 5.41) is 0. The van der Waals surface area contributed by atoms with Crippen LogP contribution < -0.4 is 9.47 Å². The number of methoxy groups -OCH3 is 1. The molecule has 2 rings (SSSR count). The number of hydrogen-bond donors (Lipinski definition) is 0. The van der Waals surface area contributed by atoms with Crippen LogP contribution in [0.3, 0.4) is 0 Å². The van der Waals surface area contributed by atoms with E-state index in [4.69, 9.17) is 9.47 Å². The number of hydrogen-bond acceptors (Lipinski definition) is 2. The molecule has 1 saturated carbocycles. The SMILES string of the molecule is COc1cc(Br)c(F)cc1OCC1CCCC1. The molecule has 0 unspecified atom stereocenters. The summed E-state index contributed by atoms with van der Waals surface area (Å²) in [4.78, 5) is 0. The topological polar surface area (TPSA) is 18.5 Å². The lowest BCUT2D eigenvalue weighted by atomic mass is 10.1. The molecule has 0 N–H and O–H groups in total. The van der Waals surface area contributed by atoms with Gasteiger partial charge in [-0.05, 0) is 34.7 Å². The minimum Gasteiger partial charge on any atom is -0.493 e. The van der Waals surface area contributed by atoms with Crippen molar-refractivity contribution in [2.24, 2.45) is 5.92 Å². The van der Waals surface area contributed by atoms with E-state index < -0.39 is 0 Å². The first-order valence-corrected chi connectivity index (χ1v) is 6.66. The summed E-state index contributed by atoms with van der Waals surface area (Å²) in [5.74, 6) is 1.33. The van der Waals surface area contributed by atoms with E-state index in [9.17, 15) is 4.39 Å². The monoisotopic (exact) mass is 302 g/mol. The zero-order valence-corrected chi connectivity index (χ0v) is 11.4. The van der Waals surface area contributed by atoms with Gasteiger partial charge in [-0.15, -0.1) is 0 Å². The first kappa shape index (κ1) is 12.7. The van der Waals surface area contributed by atoms with Crippen molar-refractivity contribution < 1.29 is 13.9 Å². The molecule has 0 saturated heterocycles. The van der Waals surface area contributed by atoms with E-state index in [0.29, 0.717) is 28.5 Å². The van der Waals surface area contributed by atoms with Gasteiger partial charge in [0.1, 0.15) is 5.82 Å². The Hall–Kier alpha value is -0.770. The zero-order chi connectivity index (χ0) is 12.3. The molecule has 0 amide bonds. The van der Waals surface area contributed by atoms with Crippen LogP contribution in [0, 0.1) is 11.7 Å². The third-order valence-electron chi connectivity index (χ3n) is 3.16. The maximum Gasteiger partial charge on any atom is 0.164 e. The molecule has 1 aromatic rings. The first-order chi connectivity index (χ1) is 8.20. The van der Waals surface area contributed by atoms with Crippen LogP contribution in [0.5, 0.6) is 11.5 Å². The number of rotatable bonds is 4. The second kappa shape index (κ2) is 5.71. The molecule has 1 aromatic carbocycles. The van der Waals surface area contributed by atoms with Gasteiger partial charge in [-0.3, -0.25) is 0 Å². The summed E-state index contributed by atoms with van der Waals surface area (Å²) in [7, 11) is 1.56. The quantitative estimate of drug-likeness (QED) is 0.831. The lowest BCUT2D eigenvalue weighted by Gasteiger charge is -2.14. The Morgan fingerprint density at radius 2 is 2.00 bits per heavy atom. The molecule has 94 valence electrons. The summed E-state index contributed by atoms with van der Waals surface area (Å²) >= 11 is 3.13. The largest absolute Gasteiger partial charge is 0.493 e. The lowest BCUT2D eigenvalue weighted by Crippen LogP contribution is -2.09. The van der Waals surface area contributed by atoms with Crippen molar-refractivity contribution in [3.63, 3.8) is 0 Å². The molecular weight excluding hydrogens is 287 g/mol. The Morgan fingerprint density at radius 3 is 2.65 bits per heavy atom. The van der Waals surface area contributed by atoms with Gasteiger partial charge in [-0.1, -0.05) is 12.8 Å². The van der Waals surface area contributed by atoms with E-state index in [0.717, 1.165) is 0 Å². The molecule has 4 heteroatoms. The Morgan fingerprint density at radius 1 is 1.29 bits per heavy atom. The minimum atomic E-state index is -0.327. The maximum absolute atomic E-state index is 13.4. The molecule has 17 heavy (non-hydrogen) atoms. The Bertz CT molecular complexity index is 389. The number of ether oxygens (including phenoxy) is 2. The summed E-state index contributed by atoms with van der Waals surface area (Å²) in [5.41, 5.74) is 0. The fourth-order valence-electron chi connectivity index (χ4n) is 2.17. The van der Waals surface area contributed by atoms with E-state index in [2.05, 4.69) is 15.9 Å². The fourth-order valence-corrected chi connectivity index (χ4v) is 2.49. The Balaban J connectivity index is 2.05. The molecule has 0 heterocycles. The van der Waals surface area contributed by atoms with Gasteiger partial charge >= 0.3 is 0 Å². The normalized spacial score (nSPS) is 16.2. The van der Waals surface area contributed by atoms with Crippen molar-refractivity contribution in [3.05, 3.63) is 22.4 Å². The van der Waals surface area contributed by atoms with Crippen molar-refractivity contribution >= 4 is 15.9 Å². The lowest BCUT2D eigenvalue weighted by molar-refractivity contribution is 0.239. The Kier molecular flexibility index (Phi) is 4.26. The van der Waals surface area contributed by atoms with Crippen LogP contribution in [0.15, 0.2) is 16.6 Å². The van der Waals surface area contributed by atoms with Crippen molar-refractivity contribution in [2.75, 3.05) is 13.7 Å². The molecule has 0 spiro atoms. The van der Waals surface area contributed by atoms with Gasteiger partial charge in [-0.25, -0.2) is 4.39 Å². The summed E-state index contributed by atoms with van der Waals surface area (Å²) < 4.78 is 24.6. The van der Waals surface area contributed by atoms with E-state index in [1.54, 1.807) is 13.2 Å². The highest BCUT2D eigenvalue weighted by Gasteiger charge is 2.17. The van der Waals surface area contributed by atoms with Crippen LogP contribution in [0.4, 0.5) is 4.39 Å². The average molecular weight is 303 g/mol. The summed E-state index contributed by atoms with van der Waals surface area (Å²) in [6.45, 7) is 0.650. The van der Waals surface area contributed by atoms with Crippen LogP contribution >= 0.6 is 15.9 Å². The second-order valence-corrected chi connectivity index (χ2v) is 5.23. The molecule has 2 nitrogen and oxygen atoms in total. The average Bonchev–Trinajstić information content (AvgIpc) is 2.83. The van der Waals surface area contributed by atoms with E-state index in [1.807, 2.05) is 0 Å². The molecule has 0 atom stereocenters. The number of benzene rings is 1. The molecule has 0 aliphatic heterocycles. The highest BCUT2D eigenvalue weighted by molar-refractivity contribution is 9.10. The zero-order valence-electron chi connectivity index (χ0n) is 9.84. The molecule has 0 bridgehead atoms. The smallest absolute Gasteiger partial charge is 0.164 e. The van der Waals surface area contributed by atoms with Crippen LogP contribution in [0.25, 0.3) is 0 Å². The third kappa shape index (κ3) is 3.12. The van der Waals surface area contributed by atoms with Gasteiger partial charge in [0.2, 0.25) is 0 Å². The van der Waals surface area contributed by atoms with Gasteiger partial charge in [-0.2, -0.15) is 0 Å². The Labute approximate surface area is 109 Å². The standard InChI is InChI=1S/C13H16BrFO2/c1-16-12-6-10(14)11(15)7-13(12)17-8-9-4-2-3-5-9/h6-7,9H,2-5,8H2,1H3. The van der Waals surface area contributed by atoms with Crippen LogP contribution in [-0.2, 0) is 0 Å². The van der Waals surface area contributed by atoms with E-state index in [1.165, 1.54) is 31.7 Å². The summed E-state index contributed by atoms with van der Waals surface area (Å²) in [6, 6.07) is 2.97. The fraction of sp³-hybridized carbons (Fsp3) is 0.538. The molecule has 0 radical (unpaired) electrons. The molecule has 0 aromatic heterocycles. The van der Waals surface area contributed by atoms with E-state index >= 15 is 0 Å². The van der Waals surface area contributed by atoms with Gasteiger partial charge in [0.25, 0.3) is 0 Å². The highest BCUT2D eigenvalue weighted by Crippen LogP contribution is 2.34. The molecule has 1 aliphatic rings. The highest BCUT2D eigenvalue weighted by atomic mass is 79.9. The third-order valence-corrected chi connectivity index (χ3v) is 3.76. The first-order valence-electron chi connectivity index (χ1n) is 5.86. The predicted molar refractivity (Wildman–Crippen MR) is 68.1 cm³/mol. The van der Waals surface area contributed by atoms with Gasteiger partial charge in [0, 0.05) is 12.1 Å². The van der Waals surface area contributed by atoms with Crippen LogP contribution in [0.2, 0.25) is 0 Å². The van der Waals surface area contributed by atoms with Crippen molar-refractivity contribution in [1.82, 2.24) is 0 Å². The molecular formula is C13H16BrFO2. The molecule has 1 aliphatic carbocycles. The second-order valence-electron chi connectivity index (χ2n) is 4.38. The van der Waals surface area contributed by atoms with Crippen molar-refractivity contribution in [3.8, 4) is 11.5 Å². The van der Waals surface area contributed by atoms with E-state index in [-0.39, 0.29) is 5.82 Å². The van der Waals surface area contributed by atoms with Gasteiger partial charge < -0.3 is 9.47 Å². The maximum atomic E-state index is 13.4. The van der Waals surface area contributed by atoms with Crippen molar-refractivity contribution in [2.45, 2.75) is 25.7 Å². The van der Waals surface area contributed by atoms with Gasteiger partial charge in [0.05, 0.1) is 18.2 Å². The van der Waals surface area contributed by atoms with Crippen LogP contribution in [0.1, 0.15) is 25.7 Å². The summed E-state index contributed by atoms with van der Waals surface area (Å²) in [6.07, 6.45) is 4.97. The number of halogens is 2. The van der Waals surface area contributed by atoms with Crippen molar-refractivity contribution in [1.29, 1.82) is 0 Å². The predicted octanol–water partition coefficient (Wildman–Crippen LogP) is 4.17. The van der Waals surface area contributed by atoms with Gasteiger partial charge in [0.15, 0.2) is 11.5 Å². The van der Waals surface area contributed by atoms with Crippen LogP contribution in [-0.4, -0.2) is 13.7 Å². The minimum absolute atomic E-state index is 0.327.